The predicted molar refractivity (Wildman–Crippen MR) is 67.0 cm³/mol. The molecule has 0 radical (unpaired) electrons. The summed E-state index contributed by atoms with van der Waals surface area (Å²) >= 11 is 0. The van der Waals surface area contributed by atoms with E-state index in [0.717, 1.165) is 23.7 Å². The smallest absolute Gasteiger partial charge is 0.0658 e. The molecule has 0 heterocycles. The van der Waals surface area contributed by atoms with E-state index in [1.165, 1.54) is 57.8 Å². The van der Waals surface area contributed by atoms with E-state index in [1.54, 1.807) is 0 Å². The average molecular weight is 229 g/mol. The molecule has 1 atom stereocenters. The van der Waals surface area contributed by atoms with E-state index in [2.05, 4.69) is 6.07 Å². The molecule has 5 rings (SSSR count). The molecule has 1 nitrogen and oxygen atoms in total. The summed E-state index contributed by atoms with van der Waals surface area (Å²) in [6.45, 7) is 0. The van der Waals surface area contributed by atoms with Crippen molar-refractivity contribution in [3.8, 4) is 6.07 Å². The fourth-order valence-electron chi connectivity index (χ4n) is 5.82. The topological polar surface area (TPSA) is 23.8 Å². The molecule has 0 aliphatic heterocycles. The van der Waals surface area contributed by atoms with Crippen LogP contribution in [0.1, 0.15) is 57.8 Å². The summed E-state index contributed by atoms with van der Waals surface area (Å²) in [6.07, 6.45) is 12.9. The van der Waals surface area contributed by atoms with E-state index < -0.39 is 0 Å². The van der Waals surface area contributed by atoms with Crippen LogP contribution >= 0.6 is 0 Å². The normalized spacial score (nSPS) is 49.0. The molecule has 17 heavy (non-hydrogen) atoms. The maximum absolute atomic E-state index is 9.39. The SMILES string of the molecule is N#CC(CC12CC3CC(CC(C3)C1)C2)C1CC1. The van der Waals surface area contributed by atoms with E-state index in [9.17, 15) is 5.26 Å². The maximum atomic E-state index is 9.39. The zero-order chi connectivity index (χ0) is 11.5. The lowest BCUT2D eigenvalue weighted by Gasteiger charge is -2.57. The molecule has 0 aromatic carbocycles. The van der Waals surface area contributed by atoms with Crippen molar-refractivity contribution in [3.63, 3.8) is 0 Å². The van der Waals surface area contributed by atoms with Crippen molar-refractivity contribution < 1.29 is 0 Å². The van der Waals surface area contributed by atoms with Gasteiger partial charge in [0.1, 0.15) is 0 Å². The highest BCUT2D eigenvalue weighted by Gasteiger charge is 2.52. The van der Waals surface area contributed by atoms with Crippen LogP contribution in [0.25, 0.3) is 0 Å². The minimum atomic E-state index is 0.409. The first-order valence-electron chi connectivity index (χ1n) is 7.66. The molecule has 92 valence electrons. The van der Waals surface area contributed by atoms with E-state index in [-0.39, 0.29) is 0 Å². The minimum Gasteiger partial charge on any atom is -0.198 e. The lowest BCUT2D eigenvalue weighted by Crippen LogP contribution is -2.46. The summed E-state index contributed by atoms with van der Waals surface area (Å²) in [4.78, 5) is 0. The highest BCUT2D eigenvalue weighted by atomic mass is 14.6. The summed E-state index contributed by atoms with van der Waals surface area (Å²) < 4.78 is 0. The molecule has 5 aliphatic rings. The van der Waals surface area contributed by atoms with Crippen molar-refractivity contribution in [2.45, 2.75) is 57.8 Å². The third-order valence-electron chi connectivity index (χ3n) is 6.17. The lowest BCUT2D eigenvalue weighted by atomic mass is 9.48. The number of hydrogen-bond donors (Lipinski definition) is 0. The molecule has 0 N–H and O–H groups in total. The second-order valence-corrected chi connectivity index (χ2v) is 7.69. The summed E-state index contributed by atoms with van der Waals surface area (Å²) in [6, 6.07) is 2.64. The number of nitriles is 1. The van der Waals surface area contributed by atoms with Crippen LogP contribution < -0.4 is 0 Å². The number of nitrogens with zero attached hydrogens (tertiary/aromatic N) is 1. The summed E-state index contributed by atoms with van der Waals surface area (Å²) in [5.74, 6) is 4.32. The van der Waals surface area contributed by atoms with Gasteiger partial charge in [-0.1, -0.05) is 0 Å². The molecule has 0 saturated heterocycles. The second-order valence-electron chi connectivity index (χ2n) is 7.69. The second kappa shape index (κ2) is 3.50. The van der Waals surface area contributed by atoms with E-state index in [1.807, 2.05) is 0 Å². The molecular weight excluding hydrogens is 206 g/mol. The molecule has 5 fully saturated rings. The van der Waals surface area contributed by atoms with Crippen LogP contribution in [0.4, 0.5) is 0 Å². The highest BCUT2D eigenvalue weighted by Crippen LogP contribution is 2.62. The Hall–Kier alpha value is -0.510. The van der Waals surface area contributed by atoms with Gasteiger partial charge in [0.25, 0.3) is 0 Å². The Morgan fingerprint density at radius 3 is 1.94 bits per heavy atom. The molecular formula is C16H23N. The molecule has 1 heteroatoms. The predicted octanol–water partition coefficient (Wildman–Crippen LogP) is 4.14. The van der Waals surface area contributed by atoms with Gasteiger partial charge in [-0.05, 0) is 86.9 Å². The van der Waals surface area contributed by atoms with E-state index in [0.29, 0.717) is 11.3 Å². The number of hydrogen-bond acceptors (Lipinski definition) is 1. The zero-order valence-corrected chi connectivity index (χ0v) is 10.7. The average Bonchev–Trinajstić information content (AvgIpc) is 3.07. The third-order valence-corrected chi connectivity index (χ3v) is 6.17. The van der Waals surface area contributed by atoms with Crippen LogP contribution in [0.5, 0.6) is 0 Å². The van der Waals surface area contributed by atoms with Gasteiger partial charge in [-0.3, -0.25) is 0 Å². The van der Waals surface area contributed by atoms with Gasteiger partial charge in [0.15, 0.2) is 0 Å². The first kappa shape index (κ1) is 10.4. The Labute approximate surface area is 105 Å². The Morgan fingerprint density at radius 1 is 1.00 bits per heavy atom. The van der Waals surface area contributed by atoms with Crippen LogP contribution in [0.3, 0.4) is 0 Å². The van der Waals surface area contributed by atoms with Gasteiger partial charge < -0.3 is 0 Å². The molecule has 0 spiro atoms. The van der Waals surface area contributed by atoms with Crippen molar-refractivity contribution >= 4 is 0 Å². The van der Waals surface area contributed by atoms with Gasteiger partial charge in [0, 0.05) is 5.92 Å². The largest absolute Gasteiger partial charge is 0.198 e. The zero-order valence-electron chi connectivity index (χ0n) is 10.7. The van der Waals surface area contributed by atoms with Gasteiger partial charge in [-0.2, -0.15) is 5.26 Å². The Kier molecular flexibility index (Phi) is 2.14. The van der Waals surface area contributed by atoms with Gasteiger partial charge in [0.05, 0.1) is 6.07 Å². The first-order valence-corrected chi connectivity index (χ1v) is 7.66. The molecule has 0 aromatic rings. The van der Waals surface area contributed by atoms with Crippen molar-refractivity contribution in [2.75, 3.05) is 0 Å². The summed E-state index contributed by atoms with van der Waals surface area (Å²) in [7, 11) is 0. The first-order chi connectivity index (χ1) is 8.26. The Morgan fingerprint density at radius 2 is 1.53 bits per heavy atom. The maximum Gasteiger partial charge on any atom is 0.0658 e. The minimum absolute atomic E-state index is 0.409. The lowest BCUT2D eigenvalue weighted by molar-refractivity contribution is -0.0632. The summed E-state index contributed by atoms with van der Waals surface area (Å²) in [5, 5.41) is 9.39. The molecule has 5 saturated carbocycles. The van der Waals surface area contributed by atoms with Crippen LogP contribution in [0.2, 0.25) is 0 Å². The van der Waals surface area contributed by atoms with E-state index in [4.69, 9.17) is 0 Å². The summed E-state index contributed by atoms with van der Waals surface area (Å²) in [5.41, 5.74) is 0.623. The fourth-order valence-corrected chi connectivity index (χ4v) is 5.82. The standard InChI is InChI=1S/C16H23N/c17-10-15(14-1-2-14)9-16-6-11-3-12(7-16)5-13(4-11)8-16/h11-15H,1-9H2. The quantitative estimate of drug-likeness (QED) is 0.713. The van der Waals surface area contributed by atoms with Crippen molar-refractivity contribution in [2.24, 2.45) is 35.0 Å². The Balaban J connectivity index is 1.54. The van der Waals surface area contributed by atoms with E-state index >= 15 is 0 Å². The van der Waals surface area contributed by atoms with Crippen LogP contribution in [-0.2, 0) is 0 Å². The van der Waals surface area contributed by atoms with Crippen LogP contribution in [0.15, 0.2) is 0 Å². The van der Waals surface area contributed by atoms with Gasteiger partial charge >= 0.3 is 0 Å². The van der Waals surface area contributed by atoms with Crippen molar-refractivity contribution in [1.29, 1.82) is 5.26 Å². The molecule has 0 amide bonds. The fraction of sp³-hybridized carbons (Fsp3) is 0.938. The highest BCUT2D eigenvalue weighted by molar-refractivity contribution is 5.05. The Bertz CT molecular complexity index is 325. The van der Waals surface area contributed by atoms with Crippen LogP contribution in [-0.4, -0.2) is 0 Å². The molecule has 1 unspecified atom stereocenters. The molecule has 5 aliphatic carbocycles. The van der Waals surface area contributed by atoms with Crippen molar-refractivity contribution in [3.05, 3.63) is 0 Å². The van der Waals surface area contributed by atoms with Crippen LogP contribution in [0, 0.1) is 46.3 Å². The molecule has 4 bridgehead atoms. The molecule has 0 aromatic heterocycles. The number of rotatable bonds is 3. The third kappa shape index (κ3) is 1.72. The van der Waals surface area contributed by atoms with Gasteiger partial charge in [0.2, 0.25) is 0 Å². The van der Waals surface area contributed by atoms with Gasteiger partial charge in [-0.25, -0.2) is 0 Å². The monoisotopic (exact) mass is 229 g/mol. The van der Waals surface area contributed by atoms with Crippen molar-refractivity contribution in [1.82, 2.24) is 0 Å². The van der Waals surface area contributed by atoms with Gasteiger partial charge in [-0.15, -0.1) is 0 Å².